The SMILES string of the molecule is CCNC(CO)(CN1CCC(C)(C)CC1)c1ccccc1. The van der Waals surface area contributed by atoms with Crippen molar-refractivity contribution in [1.82, 2.24) is 10.2 Å². The summed E-state index contributed by atoms with van der Waals surface area (Å²) in [5, 5.41) is 13.6. The van der Waals surface area contributed by atoms with E-state index in [9.17, 15) is 5.11 Å². The highest BCUT2D eigenvalue weighted by atomic mass is 16.3. The normalized spacial score (nSPS) is 21.9. The Morgan fingerprint density at radius 2 is 1.81 bits per heavy atom. The number of likely N-dealkylation sites (N-methyl/N-ethyl adjacent to an activating group) is 1. The van der Waals surface area contributed by atoms with E-state index in [1.54, 1.807) is 0 Å². The number of piperidine rings is 1. The molecule has 0 aromatic heterocycles. The maximum atomic E-state index is 10.1. The summed E-state index contributed by atoms with van der Waals surface area (Å²) in [6, 6.07) is 10.4. The van der Waals surface area contributed by atoms with Crippen molar-refractivity contribution < 1.29 is 5.11 Å². The van der Waals surface area contributed by atoms with Gasteiger partial charge in [-0.05, 0) is 43.5 Å². The molecule has 1 aliphatic rings. The van der Waals surface area contributed by atoms with Gasteiger partial charge in [0.05, 0.1) is 12.1 Å². The molecule has 118 valence electrons. The molecule has 1 unspecified atom stereocenters. The van der Waals surface area contributed by atoms with Gasteiger partial charge in [0.1, 0.15) is 0 Å². The average Bonchev–Trinajstić information content (AvgIpc) is 2.49. The first-order chi connectivity index (χ1) is 10.0. The van der Waals surface area contributed by atoms with E-state index >= 15 is 0 Å². The molecule has 1 heterocycles. The predicted octanol–water partition coefficient (Wildman–Crippen LogP) is 2.61. The van der Waals surface area contributed by atoms with Crippen LogP contribution in [-0.4, -0.2) is 42.8 Å². The van der Waals surface area contributed by atoms with Gasteiger partial charge in [0.15, 0.2) is 0 Å². The van der Waals surface area contributed by atoms with Crippen LogP contribution in [0.2, 0.25) is 0 Å². The fourth-order valence-electron chi connectivity index (χ4n) is 3.24. The smallest absolute Gasteiger partial charge is 0.0797 e. The van der Waals surface area contributed by atoms with E-state index in [0.717, 1.165) is 26.2 Å². The molecular formula is C18H30N2O. The molecule has 0 radical (unpaired) electrons. The molecular weight excluding hydrogens is 260 g/mol. The lowest BCUT2D eigenvalue weighted by atomic mass is 9.81. The summed E-state index contributed by atoms with van der Waals surface area (Å²) in [5.41, 5.74) is 1.29. The Bertz CT molecular complexity index is 422. The third-order valence-corrected chi connectivity index (χ3v) is 4.81. The van der Waals surface area contributed by atoms with E-state index in [2.05, 4.69) is 55.3 Å². The van der Waals surface area contributed by atoms with Crippen molar-refractivity contribution in [1.29, 1.82) is 0 Å². The molecule has 3 heteroatoms. The lowest BCUT2D eigenvalue weighted by Gasteiger charge is -2.43. The Labute approximate surface area is 129 Å². The quantitative estimate of drug-likeness (QED) is 0.845. The molecule has 1 aromatic carbocycles. The second kappa shape index (κ2) is 6.91. The number of likely N-dealkylation sites (tertiary alicyclic amines) is 1. The maximum absolute atomic E-state index is 10.1. The predicted molar refractivity (Wildman–Crippen MR) is 88.3 cm³/mol. The number of nitrogens with zero attached hydrogens (tertiary/aromatic N) is 1. The molecule has 2 rings (SSSR count). The molecule has 0 amide bonds. The van der Waals surface area contributed by atoms with Crippen LogP contribution in [0.4, 0.5) is 0 Å². The van der Waals surface area contributed by atoms with Gasteiger partial charge >= 0.3 is 0 Å². The van der Waals surface area contributed by atoms with Crippen molar-refractivity contribution in [2.45, 2.75) is 39.2 Å². The van der Waals surface area contributed by atoms with Crippen LogP contribution in [0.5, 0.6) is 0 Å². The zero-order valence-electron chi connectivity index (χ0n) is 13.7. The molecule has 0 saturated carbocycles. The van der Waals surface area contributed by atoms with Crippen LogP contribution in [0.25, 0.3) is 0 Å². The first-order valence-corrected chi connectivity index (χ1v) is 8.15. The van der Waals surface area contributed by atoms with E-state index in [1.165, 1.54) is 18.4 Å². The molecule has 0 bridgehead atoms. The zero-order chi connectivity index (χ0) is 15.3. The average molecular weight is 290 g/mol. The highest BCUT2D eigenvalue weighted by Gasteiger charge is 2.35. The second-order valence-corrected chi connectivity index (χ2v) is 7.08. The largest absolute Gasteiger partial charge is 0.394 e. The van der Waals surface area contributed by atoms with E-state index in [4.69, 9.17) is 0 Å². The molecule has 0 spiro atoms. The third kappa shape index (κ3) is 4.06. The van der Waals surface area contributed by atoms with Crippen LogP contribution in [0.3, 0.4) is 0 Å². The van der Waals surface area contributed by atoms with Crippen LogP contribution >= 0.6 is 0 Å². The molecule has 21 heavy (non-hydrogen) atoms. The maximum Gasteiger partial charge on any atom is 0.0797 e. The summed E-state index contributed by atoms with van der Waals surface area (Å²) in [4.78, 5) is 2.50. The topological polar surface area (TPSA) is 35.5 Å². The Morgan fingerprint density at radius 3 is 2.33 bits per heavy atom. The summed E-state index contributed by atoms with van der Waals surface area (Å²) in [6.07, 6.45) is 2.46. The number of aliphatic hydroxyl groups is 1. The van der Waals surface area contributed by atoms with Crippen LogP contribution in [0.1, 0.15) is 39.2 Å². The molecule has 1 atom stereocenters. The van der Waals surface area contributed by atoms with Crippen molar-refractivity contribution in [3.8, 4) is 0 Å². The van der Waals surface area contributed by atoms with Gasteiger partial charge in [-0.3, -0.25) is 0 Å². The summed E-state index contributed by atoms with van der Waals surface area (Å²) in [7, 11) is 0. The van der Waals surface area contributed by atoms with Crippen LogP contribution in [0.15, 0.2) is 30.3 Å². The molecule has 0 aliphatic carbocycles. The van der Waals surface area contributed by atoms with Gasteiger partial charge < -0.3 is 15.3 Å². The van der Waals surface area contributed by atoms with Crippen molar-refractivity contribution in [2.75, 3.05) is 32.8 Å². The number of hydrogen-bond acceptors (Lipinski definition) is 3. The Hall–Kier alpha value is -0.900. The Morgan fingerprint density at radius 1 is 1.19 bits per heavy atom. The van der Waals surface area contributed by atoms with Crippen molar-refractivity contribution in [3.63, 3.8) is 0 Å². The highest BCUT2D eigenvalue weighted by Crippen LogP contribution is 2.31. The number of benzene rings is 1. The number of aliphatic hydroxyl groups excluding tert-OH is 1. The molecule has 2 N–H and O–H groups in total. The van der Waals surface area contributed by atoms with Gasteiger partial charge in [-0.15, -0.1) is 0 Å². The number of nitrogens with one attached hydrogen (secondary N) is 1. The first-order valence-electron chi connectivity index (χ1n) is 8.15. The van der Waals surface area contributed by atoms with E-state index in [0.29, 0.717) is 5.41 Å². The second-order valence-electron chi connectivity index (χ2n) is 7.08. The monoisotopic (exact) mass is 290 g/mol. The lowest BCUT2D eigenvalue weighted by molar-refractivity contribution is 0.0683. The van der Waals surface area contributed by atoms with E-state index in [1.807, 2.05) is 6.07 Å². The Balaban J connectivity index is 2.14. The van der Waals surface area contributed by atoms with Crippen molar-refractivity contribution in [3.05, 3.63) is 35.9 Å². The molecule has 3 nitrogen and oxygen atoms in total. The summed E-state index contributed by atoms with van der Waals surface area (Å²) >= 11 is 0. The fourth-order valence-corrected chi connectivity index (χ4v) is 3.24. The van der Waals surface area contributed by atoms with Crippen LogP contribution < -0.4 is 5.32 Å². The minimum absolute atomic E-state index is 0.130. The Kier molecular flexibility index (Phi) is 5.42. The fraction of sp³-hybridized carbons (Fsp3) is 0.667. The van der Waals surface area contributed by atoms with E-state index < -0.39 is 0 Å². The summed E-state index contributed by atoms with van der Waals surface area (Å²) in [5.74, 6) is 0. The number of hydrogen-bond donors (Lipinski definition) is 2. The lowest BCUT2D eigenvalue weighted by Crippen LogP contribution is -2.55. The zero-order valence-corrected chi connectivity index (χ0v) is 13.7. The summed E-state index contributed by atoms with van der Waals surface area (Å²) < 4.78 is 0. The van der Waals surface area contributed by atoms with Gasteiger partial charge in [-0.1, -0.05) is 51.1 Å². The van der Waals surface area contributed by atoms with Crippen molar-refractivity contribution in [2.24, 2.45) is 5.41 Å². The van der Waals surface area contributed by atoms with Crippen LogP contribution in [-0.2, 0) is 5.54 Å². The van der Waals surface area contributed by atoms with E-state index in [-0.39, 0.29) is 12.1 Å². The van der Waals surface area contributed by atoms with Crippen LogP contribution in [0, 0.1) is 5.41 Å². The first kappa shape index (κ1) is 16.5. The van der Waals surface area contributed by atoms with Gasteiger partial charge in [0.2, 0.25) is 0 Å². The molecule has 1 saturated heterocycles. The molecule has 1 aliphatic heterocycles. The van der Waals surface area contributed by atoms with Gasteiger partial charge in [-0.2, -0.15) is 0 Å². The standard InChI is InChI=1S/C18H30N2O/c1-4-19-18(15-21,16-8-6-5-7-9-16)14-20-12-10-17(2,3)11-13-20/h5-9,19,21H,4,10-15H2,1-3H3. The minimum Gasteiger partial charge on any atom is -0.394 e. The van der Waals surface area contributed by atoms with Gasteiger partial charge in [0.25, 0.3) is 0 Å². The van der Waals surface area contributed by atoms with Gasteiger partial charge in [-0.25, -0.2) is 0 Å². The highest BCUT2D eigenvalue weighted by molar-refractivity contribution is 5.25. The van der Waals surface area contributed by atoms with Crippen molar-refractivity contribution >= 4 is 0 Å². The molecule has 1 aromatic rings. The number of rotatable bonds is 6. The third-order valence-electron chi connectivity index (χ3n) is 4.81. The summed E-state index contributed by atoms with van der Waals surface area (Å²) in [6.45, 7) is 10.9. The van der Waals surface area contributed by atoms with Gasteiger partial charge in [0, 0.05) is 6.54 Å². The molecule has 1 fully saturated rings. The minimum atomic E-state index is -0.350.